The van der Waals surface area contributed by atoms with E-state index in [9.17, 15) is 13.2 Å². The first-order chi connectivity index (χ1) is 9.39. The molecule has 7 nitrogen and oxygen atoms in total. The predicted molar refractivity (Wildman–Crippen MR) is 80.2 cm³/mol. The summed E-state index contributed by atoms with van der Waals surface area (Å²) in [6.45, 7) is 2.25. The number of carbonyl (C=O) groups excluding carboxylic acids is 1. The van der Waals surface area contributed by atoms with Gasteiger partial charge in [0, 0.05) is 31.5 Å². The third-order valence-electron chi connectivity index (χ3n) is 2.57. The van der Waals surface area contributed by atoms with Gasteiger partial charge in [-0.1, -0.05) is 6.92 Å². The van der Waals surface area contributed by atoms with Crippen LogP contribution in [0.4, 0.5) is 11.4 Å². The van der Waals surface area contributed by atoms with Gasteiger partial charge in [-0.3, -0.25) is 4.79 Å². The number of nitrogen functional groups attached to an aromatic ring is 1. The maximum Gasteiger partial charge on any atom is 0.253 e. The van der Waals surface area contributed by atoms with Crippen LogP contribution in [0.15, 0.2) is 18.2 Å². The highest BCUT2D eigenvalue weighted by Gasteiger charge is 2.12. The maximum absolute atomic E-state index is 11.7. The van der Waals surface area contributed by atoms with Gasteiger partial charge in [0.25, 0.3) is 5.91 Å². The van der Waals surface area contributed by atoms with Crippen molar-refractivity contribution in [1.82, 2.24) is 10.0 Å². The molecule has 0 unspecified atom stereocenters. The molecule has 112 valence electrons. The van der Waals surface area contributed by atoms with Crippen LogP contribution in [0, 0.1) is 0 Å². The summed E-state index contributed by atoms with van der Waals surface area (Å²) in [5.41, 5.74) is 7.10. The lowest BCUT2D eigenvalue weighted by atomic mass is 10.1. The standard InChI is InChI=1S/C12H20N4O3S/c1-3-16-20(18,19)7-6-15-11-8-9(13)4-5-10(11)12(17)14-2/h4-5,8,15-16H,3,6-7,13H2,1-2H3,(H,14,17). The Kier molecular flexibility index (Phi) is 5.78. The molecular weight excluding hydrogens is 280 g/mol. The van der Waals surface area contributed by atoms with Crippen LogP contribution in [0.3, 0.4) is 0 Å². The van der Waals surface area contributed by atoms with E-state index in [2.05, 4.69) is 15.4 Å². The van der Waals surface area contributed by atoms with Gasteiger partial charge in [0.15, 0.2) is 0 Å². The van der Waals surface area contributed by atoms with Gasteiger partial charge in [0.2, 0.25) is 10.0 Å². The number of amides is 1. The van der Waals surface area contributed by atoms with Crippen LogP contribution in [0.2, 0.25) is 0 Å². The predicted octanol–water partition coefficient (Wildman–Crippen LogP) is -0.0204. The average Bonchev–Trinajstić information content (AvgIpc) is 2.37. The molecule has 8 heteroatoms. The molecule has 0 radical (unpaired) electrons. The van der Waals surface area contributed by atoms with Gasteiger partial charge in [0.05, 0.1) is 11.3 Å². The normalized spacial score (nSPS) is 11.1. The van der Waals surface area contributed by atoms with Crippen molar-refractivity contribution in [1.29, 1.82) is 0 Å². The summed E-state index contributed by atoms with van der Waals surface area (Å²) in [5.74, 6) is -0.343. The molecule has 0 aliphatic rings. The lowest BCUT2D eigenvalue weighted by Gasteiger charge is -2.12. The number of sulfonamides is 1. The number of hydrogen-bond donors (Lipinski definition) is 4. The molecule has 20 heavy (non-hydrogen) atoms. The van der Waals surface area contributed by atoms with E-state index in [1.54, 1.807) is 25.1 Å². The Labute approximate surface area is 119 Å². The number of nitrogens with two attached hydrogens (primary N) is 1. The first kappa shape index (κ1) is 16.3. The summed E-state index contributed by atoms with van der Waals surface area (Å²) in [5, 5.41) is 5.44. The number of carbonyl (C=O) groups is 1. The summed E-state index contributed by atoms with van der Waals surface area (Å²) in [4.78, 5) is 11.7. The van der Waals surface area contributed by atoms with Crippen LogP contribution in [-0.2, 0) is 10.0 Å². The van der Waals surface area contributed by atoms with Crippen LogP contribution in [-0.4, -0.2) is 40.2 Å². The molecule has 0 bridgehead atoms. The molecule has 0 saturated carbocycles. The van der Waals surface area contributed by atoms with Crippen LogP contribution >= 0.6 is 0 Å². The topological polar surface area (TPSA) is 113 Å². The number of nitrogens with one attached hydrogen (secondary N) is 3. The first-order valence-electron chi connectivity index (χ1n) is 6.22. The van der Waals surface area contributed by atoms with Gasteiger partial charge in [-0.25, -0.2) is 13.1 Å². The molecule has 0 aliphatic heterocycles. The second-order valence-electron chi connectivity index (χ2n) is 4.13. The SMILES string of the molecule is CCNS(=O)(=O)CCNc1cc(N)ccc1C(=O)NC. The number of benzene rings is 1. The number of anilines is 2. The van der Waals surface area contributed by atoms with Crippen LogP contribution in [0.5, 0.6) is 0 Å². The molecule has 5 N–H and O–H groups in total. The zero-order chi connectivity index (χ0) is 15.2. The van der Waals surface area contributed by atoms with Crippen molar-refractivity contribution in [2.24, 2.45) is 0 Å². The lowest BCUT2D eigenvalue weighted by molar-refractivity contribution is 0.0964. The number of rotatable bonds is 7. The van der Waals surface area contributed by atoms with Gasteiger partial charge in [-0.05, 0) is 18.2 Å². The quantitative estimate of drug-likeness (QED) is 0.529. The zero-order valence-corrected chi connectivity index (χ0v) is 12.4. The minimum atomic E-state index is -3.29. The van der Waals surface area contributed by atoms with Gasteiger partial charge < -0.3 is 16.4 Å². The van der Waals surface area contributed by atoms with Gasteiger partial charge in [0.1, 0.15) is 0 Å². The fraction of sp³-hybridized carbons (Fsp3) is 0.417. The Balaban J connectivity index is 2.77. The molecule has 0 fully saturated rings. The first-order valence-corrected chi connectivity index (χ1v) is 7.87. The van der Waals surface area contributed by atoms with Crippen LogP contribution in [0.25, 0.3) is 0 Å². The Morgan fingerprint density at radius 2 is 2.05 bits per heavy atom. The van der Waals surface area contributed by atoms with Crippen LogP contribution < -0.4 is 21.1 Å². The Hall–Kier alpha value is -1.80. The van der Waals surface area contributed by atoms with E-state index >= 15 is 0 Å². The highest BCUT2D eigenvalue weighted by Crippen LogP contribution is 2.19. The second-order valence-corrected chi connectivity index (χ2v) is 6.05. The van der Waals surface area contributed by atoms with E-state index in [-0.39, 0.29) is 18.2 Å². The number of hydrogen-bond acceptors (Lipinski definition) is 5. The zero-order valence-electron chi connectivity index (χ0n) is 11.6. The third-order valence-corrected chi connectivity index (χ3v) is 4.04. The molecule has 0 saturated heterocycles. The monoisotopic (exact) mass is 300 g/mol. The van der Waals surface area contributed by atoms with E-state index in [4.69, 9.17) is 5.73 Å². The van der Waals surface area contributed by atoms with E-state index in [0.717, 1.165) is 0 Å². The largest absolute Gasteiger partial charge is 0.399 e. The van der Waals surface area contributed by atoms with Crippen LogP contribution in [0.1, 0.15) is 17.3 Å². The Morgan fingerprint density at radius 1 is 1.35 bits per heavy atom. The van der Waals surface area contributed by atoms with E-state index in [0.29, 0.717) is 23.5 Å². The smallest absolute Gasteiger partial charge is 0.253 e. The molecule has 1 aromatic rings. The highest BCUT2D eigenvalue weighted by atomic mass is 32.2. The molecule has 1 amide bonds. The molecule has 0 aromatic heterocycles. The molecule has 0 atom stereocenters. The minimum absolute atomic E-state index is 0.0805. The van der Waals surface area contributed by atoms with Crippen molar-refractivity contribution < 1.29 is 13.2 Å². The fourth-order valence-corrected chi connectivity index (χ4v) is 2.61. The van der Waals surface area contributed by atoms with E-state index in [1.165, 1.54) is 7.05 Å². The molecule has 0 aliphatic carbocycles. The molecule has 0 spiro atoms. The fourth-order valence-electron chi connectivity index (χ4n) is 1.65. The van der Waals surface area contributed by atoms with Crippen molar-refractivity contribution in [2.45, 2.75) is 6.92 Å². The second kappa shape index (κ2) is 7.11. The Morgan fingerprint density at radius 3 is 2.65 bits per heavy atom. The van der Waals surface area contributed by atoms with Gasteiger partial charge in [-0.15, -0.1) is 0 Å². The summed E-state index contributed by atoms with van der Waals surface area (Å²) in [7, 11) is -1.77. The summed E-state index contributed by atoms with van der Waals surface area (Å²) in [6, 6.07) is 4.81. The van der Waals surface area contributed by atoms with Crippen molar-refractivity contribution >= 4 is 27.3 Å². The highest BCUT2D eigenvalue weighted by molar-refractivity contribution is 7.89. The Bertz CT molecular complexity index is 572. The van der Waals surface area contributed by atoms with Gasteiger partial charge >= 0.3 is 0 Å². The van der Waals surface area contributed by atoms with Crippen molar-refractivity contribution in [3.05, 3.63) is 23.8 Å². The average molecular weight is 300 g/mol. The summed E-state index contributed by atoms with van der Waals surface area (Å²) >= 11 is 0. The molecule has 1 rings (SSSR count). The molecule has 0 heterocycles. The summed E-state index contributed by atoms with van der Waals surface area (Å²) < 4.78 is 25.4. The molecular formula is C12H20N4O3S. The van der Waals surface area contributed by atoms with Gasteiger partial charge in [-0.2, -0.15) is 0 Å². The van der Waals surface area contributed by atoms with E-state index in [1.807, 2.05) is 0 Å². The van der Waals surface area contributed by atoms with Crippen molar-refractivity contribution in [2.75, 3.05) is 36.9 Å². The molecule has 1 aromatic carbocycles. The van der Waals surface area contributed by atoms with Crippen molar-refractivity contribution in [3.8, 4) is 0 Å². The third kappa shape index (κ3) is 4.71. The van der Waals surface area contributed by atoms with Crippen molar-refractivity contribution in [3.63, 3.8) is 0 Å². The maximum atomic E-state index is 11.7. The van der Waals surface area contributed by atoms with E-state index < -0.39 is 10.0 Å². The lowest BCUT2D eigenvalue weighted by Crippen LogP contribution is -2.29. The minimum Gasteiger partial charge on any atom is -0.399 e. The summed E-state index contributed by atoms with van der Waals surface area (Å²) in [6.07, 6.45) is 0.